The highest BCUT2D eigenvalue weighted by molar-refractivity contribution is 7.03. The Kier molecular flexibility index (Phi) is 5.39. The van der Waals surface area contributed by atoms with Crippen LogP contribution < -0.4 is 9.75 Å². The van der Waals surface area contributed by atoms with Gasteiger partial charge in [0.1, 0.15) is 0 Å². The van der Waals surface area contributed by atoms with Crippen molar-refractivity contribution in [2.24, 2.45) is 0 Å². The third-order valence-electron chi connectivity index (χ3n) is 0.945. The molecule has 0 saturated carbocycles. The van der Waals surface area contributed by atoms with Gasteiger partial charge < -0.3 is 0 Å². The van der Waals surface area contributed by atoms with Crippen LogP contribution in [0.3, 0.4) is 0 Å². The Labute approximate surface area is 71.6 Å². The van der Waals surface area contributed by atoms with Gasteiger partial charge in [-0.3, -0.25) is 0 Å². The second kappa shape index (κ2) is 5.86. The van der Waals surface area contributed by atoms with E-state index in [1.165, 1.54) is 11.5 Å². The van der Waals surface area contributed by atoms with Crippen molar-refractivity contribution in [1.82, 2.24) is 4.37 Å². The van der Waals surface area contributed by atoms with Crippen molar-refractivity contribution in [3.05, 3.63) is 28.6 Å². The van der Waals surface area contributed by atoms with Gasteiger partial charge in [-0.2, -0.15) is 4.37 Å². The first-order chi connectivity index (χ1) is 5.34. The van der Waals surface area contributed by atoms with E-state index in [0.29, 0.717) is 0 Å². The van der Waals surface area contributed by atoms with Gasteiger partial charge >= 0.3 is 0 Å². The molecule has 0 N–H and O–H groups in total. The van der Waals surface area contributed by atoms with Crippen LogP contribution in [-0.4, -0.2) is 4.37 Å². The van der Waals surface area contributed by atoms with E-state index in [0.717, 1.165) is 9.75 Å². The molecular weight excluding hydrogens is 154 g/mol. The van der Waals surface area contributed by atoms with Crippen molar-refractivity contribution in [3.8, 4) is 0 Å². The summed E-state index contributed by atoms with van der Waals surface area (Å²) in [4.78, 5) is 0. The summed E-state index contributed by atoms with van der Waals surface area (Å²) >= 11 is 1.43. The van der Waals surface area contributed by atoms with Gasteiger partial charge in [-0.25, -0.2) is 0 Å². The molecule has 1 heterocycles. The first-order valence-corrected chi connectivity index (χ1v) is 4.34. The lowest BCUT2D eigenvalue weighted by Gasteiger charge is -1.66. The molecule has 0 spiro atoms. The van der Waals surface area contributed by atoms with Gasteiger partial charge in [0.2, 0.25) is 0 Å². The molecular formula is C9H13NS. The van der Waals surface area contributed by atoms with E-state index in [1.54, 1.807) is 12.3 Å². The van der Waals surface area contributed by atoms with Crippen LogP contribution in [0, 0.1) is 0 Å². The second-order valence-electron chi connectivity index (χ2n) is 1.62. The van der Waals surface area contributed by atoms with Crippen LogP contribution in [0.1, 0.15) is 13.8 Å². The fourth-order valence-corrected chi connectivity index (χ4v) is 1.13. The number of nitrogens with zero attached hydrogens (tertiary/aromatic N) is 1. The molecule has 1 aromatic heterocycles. The Balaban J connectivity index is 0.000000461. The summed E-state index contributed by atoms with van der Waals surface area (Å²) in [6.07, 6.45) is 5.39. The predicted octanol–water partition coefficient (Wildman–Crippen LogP) is 1.55. The minimum Gasteiger partial charge on any atom is -0.200 e. The predicted molar refractivity (Wildman–Crippen MR) is 52.9 cm³/mol. The van der Waals surface area contributed by atoms with Gasteiger partial charge in [-0.15, -0.1) is 0 Å². The molecule has 0 aliphatic rings. The van der Waals surface area contributed by atoms with Crippen LogP contribution >= 0.6 is 11.5 Å². The molecule has 0 saturated heterocycles. The van der Waals surface area contributed by atoms with E-state index >= 15 is 0 Å². The lowest BCUT2D eigenvalue weighted by molar-refractivity contribution is 1.50. The number of aromatic nitrogens is 1. The standard InChI is InChI=1S/C7H7NS.C2H6/c1-3-4-7-6(2)5-8-9-7;1-2/h3-5H,1-2H2;1-2H3/b7-4+;. The number of rotatable bonds is 1. The lowest BCUT2D eigenvalue weighted by atomic mass is 10.4. The minimum atomic E-state index is 0.972. The monoisotopic (exact) mass is 167 g/mol. The van der Waals surface area contributed by atoms with Gasteiger partial charge in [0.25, 0.3) is 0 Å². The Morgan fingerprint density at radius 2 is 2.18 bits per heavy atom. The maximum absolute atomic E-state index is 3.94. The van der Waals surface area contributed by atoms with Gasteiger partial charge in [0, 0.05) is 11.4 Å². The summed E-state index contributed by atoms with van der Waals surface area (Å²) in [5.74, 6) is 0. The highest BCUT2D eigenvalue weighted by atomic mass is 32.1. The SMILES string of the molecule is C=C/C=c1/sncc1=C.CC. The molecule has 0 bridgehead atoms. The molecule has 2 heteroatoms. The topological polar surface area (TPSA) is 12.9 Å². The normalized spacial score (nSPS) is 10.2. The van der Waals surface area contributed by atoms with Crippen LogP contribution in [0.4, 0.5) is 0 Å². The van der Waals surface area contributed by atoms with Crippen LogP contribution in [0.5, 0.6) is 0 Å². The fraction of sp³-hybridized carbons (Fsp3) is 0.222. The number of hydrogen-bond acceptors (Lipinski definition) is 2. The summed E-state index contributed by atoms with van der Waals surface area (Å²) in [5, 5.41) is 0.972. The van der Waals surface area contributed by atoms with E-state index < -0.39 is 0 Å². The van der Waals surface area contributed by atoms with Crippen LogP contribution in [0.2, 0.25) is 0 Å². The Morgan fingerprint density at radius 1 is 1.55 bits per heavy atom. The summed E-state index contributed by atoms with van der Waals surface area (Å²) in [7, 11) is 0. The maximum Gasteiger partial charge on any atom is 0.0543 e. The van der Waals surface area contributed by atoms with Crippen molar-refractivity contribution >= 4 is 24.2 Å². The minimum absolute atomic E-state index is 0.972. The molecule has 0 radical (unpaired) electrons. The van der Waals surface area contributed by atoms with Gasteiger partial charge in [-0.1, -0.05) is 33.1 Å². The average Bonchev–Trinajstić information content (AvgIpc) is 2.42. The third kappa shape index (κ3) is 3.14. The van der Waals surface area contributed by atoms with Gasteiger partial charge in [0.05, 0.1) is 4.53 Å². The average molecular weight is 167 g/mol. The number of allylic oxidation sites excluding steroid dienone is 1. The van der Waals surface area contributed by atoms with E-state index in [1.807, 2.05) is 19.9 Å². The van der Waals surface area contributed by atoms with Gasteiger partial charge in [0.15, 0.2) is 0 Å². The highest BCUT2D eigenvalue weighted by Gasteiger charge is 1.79. The molecule has 1 rings (SSSR count). The fourth-order valence-electron chi connectivity index (χ4n) is 0.514. The molecule has 0 unspecified atom stereocenters. The van der Waals surface area contributed by atoms with E-state index in [-0.39, 0.29) is 0 Å². The highest BCUT2D eigenvalue weighted by Crippen LogP contribution is 1.71. The second-order valence-corrected chi connectivity index (χ2v) is 2.45. The van der Waals surface area contributed by atoms with Crippen LogP contribution in [0.15, 0.2) is 18.9 Å². The van der Waals surface area contributed by atoms with Crippen molar-refractivity contribution in [2.75, 3.05) is 0 Å². The lowest BCUT2D eigenvalue weighted by Crippen LogP contribution is -2.14. The smallest absolute Gasteiger partial charge is 0.0543 e. The third-order valence-corrected chi connectivity index (χ3v) is 1.75. The first-order valence-electron chi connectivity index (χ1n) is 3.57. The summed E-state index contributed by atoms with van der Waals surface area (Å²) in [5.41, 5.74) is 0. The van der Waals surface area contributed by atoms with Crippen molar-refractivity contribution in [1.29, 1.82) is 0 Å². The van der Waals surface area contributed by atoms with Crippen LogP contribution in [-0.2, 0) is 0 Å². The summed E-state index contributed by atoms with van der Waals surface area (Å²) in [6.45, 7) is 11.3. The van der Waals surface area contributed by atoms with E-state index in [9.17, 15) is 0 Å². The van der Waals surface area contributed by atoms with Crippen molar-refractivity contribution < 1.29 is 0 Å². The molecule has 0 fully saturated rings. The Hall–Kier alpha value is -0.890. The first kappa shape index (κ1) is 10.1. The van der Waals surface area contributed by atoms with E-state index in [4.69, 9.17) is 0 Å². The molecule has 11 heavy (non-hydrogen) atoms. The molecule has 60 valence electrons. The molecule has 0 amide bonds. The maximum atomic E-state index is 3.94. The van der Waals surface area contributed by atoms with E-state index in [2.05, 4.69) is 17.5 Å². The quantitative estimate of drug-likeness (QED) is 0.618. The van der Waals surface area contributed by atoms with Crippen molar-refractivity contribution in [3.63, 3.8) is 0 Å². The van der Waals surface area contributed by atoms with Crippen LogP contribution in [0.25, 0.3) is 12.7 Å². The molecule has 1 aromatic rings. The Bertz CT molecular complexity index is 298. The number of hydrogen-bond donors (Lipinski definition) is 0. The molecule has 0 aromatic carbocycles. The largest absolute Gasteiger partial charge is 0.200 e. The Morgan fingerprint density at radius 3 is 2.55 bits per heavy atom. The molecule has 1 nitrogen and oxygen atoms in total. The molecule has 0 aliphatic carbocycles. The zero-order valence-electron chi connectivity index (χ0n) is 7.00. The zero-order valence-corrected chi connectivity index (χ0v) is 7.82. The molecule has 0 atom stereocenters. The summed E-state index contributed by atoms with van der Waals surface area (Å²) < 4.78 is 5.03. The zero-order chi connectivity index (χ0) is 8.69. The summed E-state index contributed by atoms with van der Waals surface area (Å²) in [6, 6.07) is 0. The van der Waals surface area contributed by atoms with Gasteiger partial charge in [-0.05, 0) is 17.6 Å². The van der Waals surface area contributed by atoms with Crippen molar-refractivity contribution in [2.45, 2.75) is 13.8 Å². The molecule has 0 aliphatic heterocycles.